The van der Waals surface area contributed by atoms with E-state index in [1.54, 1.807) is 0 Å². The van der Waals surface area contributed by atoms with E-state index in [1.807, 2.05) is 6.07 Å². The molecular weight excluding hydrogens is 290 g/mol. The van der Waals surface area contributed by atoms with E-state index in [1.165, 1.54) is 18.5 Å². The summed E-state index contributed by atoms with van der Waals surface area (Å²) in [7, 11) is 0. The molecule has 1 unspecified atom stereocenters. The minimum Gasteiger partial charge on any atom is -0.374 e. The Kier molecular flexibility index (Phi) is 5.75. The summed E-state index contributed by atoms with van der Waals surface area (Å²) in [5, 5.41) is 6.01. The number of rotatable bonds is 5. The molecule has 1 aliphatic heterocycles. The van der Waals surface area contributed by atoms with Crippen LogP contribution in [0.1, 0.15) is 32.1 Å². The minimum atomic E-state index is -0.0346. The van der Waals surface area contributed by atoms with Crippen molar-refractivity contribution in [2.24, 2.45) is 0 Å². The first kappa shape index (κ1) is 16.1. The fraction of sp³-hybridized carbons (Fsp3) is 0.611. The topological polar surface area (TPSA) is 53.6 Å². The molecule has 1 saturated heterocycles. The van der Waals surface area contributed by atoms with E-state index in [0.29, 0.717) is 12.6 Å². The van der Waals surface area contributed by atoms with E-state index < -0.39 is 0 Å². The number of urea groups is 1. The zero-order chi connectivity index (χ0) is 15.9. The van der Waals surface area contributed by atoms with Crippen molar-refractivity contribution in [3.05, 3.63) is 30.3 Å². The van der Waals surface area contributed by atoms with Gasteiger partial charge in [-0.25, -0.2) is 4.79 Å². The van der Waals surface area contributed by atoms with Gasteiger partial charge in [0.25, 0.3) is 0 Å². The van der Waals surface area contributed by atoms with Gasteiger partial charge in [0.15, 0.2) is 0 Å². The molecule has 2 N–H and O–H groups in total. The highest BCUT2D eigenvalue weighted by Crippen LogP contribution is 2.18. The Morgan fingerprint density at radius 3 is 2.78 bits per heavy atom. The third-order valence-electron chi connectivity index (χ3n) is 4.70. The number of nitrogens with zero attached hydrogens (tertiary/aromatic N) is 1. The van der Waals surface area contributed by atoms with E-state index in [4.69, 9.17) is 4.74 Å². The molecule has 0 radical (unpaired) electrons. The van der Waals surface area contributed by atoms with Crippen LogP contribution in [0.25, 0.3) is 0 Å². The number of nitrogens with one attached hydrogen (secondary N) is 2. The summed E-state index contributed by atoms with van der Waals surface area (Å²) in [4.78, 5) is 14.2. The van der Waals surface area contributed by atoms with Crippen molar-refractivity contribution in [2.45, 2.75) is 44.2 Å². The highest BCUT2D eigenvalue weighted by molar-refractivity contribution is 5.74. The van der Waals surface area contributed by atoms with Crippen LogP contribution in [0.3, 0.4) is 0 Å². The third-order valence-corrected chi connectivity index (χ3v) is 4.70. The number of anilines is 1. The van der Waals surface area contributed by atoms with Crippen molar-refractivity contribution in [3.63, 3.8) is 0 Å². The van der Waals surface area contributed by atoms with Gasteiger partial charge in [-0.2, -0.15) is 0 Å². The van der Waals surface area contributed by atoms with Gasteiger partial charge in [-0.3, -0.25) is 0 Å². The van der Waals surface area contributed by atoms with Crippen LogP contribution < -0.4 is 15.5 Å². The number of amides is 2. The van der Waals surface area contributed by atoms with Crippen molar-refractivity contribution in [1.29, 1.82) is 0 Å². The van der Waals surface area contributed by atoms with E-state index in [0.717, 1.165) is 39.0 Å². The summed E-state index contributed by atoms with van der Waals surface area (Å²) in [6.07, 6.45) is 5.72. The Balaban J connectivity index is 1.37. The van der Waals surface area contributed by atoms with E-state index >= 15 is 0 Å². The normalized spacial score (nSPS) is 22.1. The van der Waals surface area contributed by atoms with Gasteiger partial charge in [0.1, 0.15) is 0 Å². The number of hydrogen-bond acceptors (Lipinski definition) is 3. The molecule has 1 saturated carbocycles. The average molecular weight is 317 g/mol. The Hall–Kier alpha value is -1.75. The summed E-state index contributed by atoms with van der Waals surface area (Å²) < 4.78 is 5.83. The van der Waals surface area contributed by atoms with Gasteiger partial charge in [0.05, 0.1) is 12.7 Å². The number of ether oxygens (including phenoxy) is 1. The first-order valence-corrected chi connectivity index (χ1v) is 8.77. The maximum absolute atomic E-state index is 11.9. The molecule has 3 rings (SSSR count). The summed E-state index contributed by atoms with van der Waals surface area (Å²) >= 11 is 0. The van der Waals surface area contributed by atoms with Gasteiger partial charge in [-0.15, -0.1) is 0 Å². The lowest BCUT2D eigenvalue weighted by Gasteiger charge is -2.34. The standard InChI is InChI=1S/C18H27N3O2/c22-18(20-15-6-4-5-7-15)19-11-10-17-14-21(12-13-23-17)16-8-2-1-3-9-16/h1-3,8-9,15,17H,4-7,10-14H2,(H2,19,20,22). The number of para-hydroxylation sites is 1. The fourth-order valence-electron chi connectivity index (χ4n) is 3.42. The molecule has 0 bridgehead atoms. The number of hydrogen-bond donors (Lipinski definition) is 2. The predicted octanol–water partition coefficient (Wildman–Crippen LogP) is 2.52. The van der Waals surface area contributed by atoms with Gasteiger partial charge < -0.3 is 20.3 Å². The molecule has 0 spiro atoms. The third kappa shape index (κ3) is 4.86. The molecule has 2 aliphatic rings. The largest absolute Gasteiger partial charge is 0.374 e. The summed E-state index contributed by atoms with van der Waals surface area (Å²) in [6.45, 7) is 3.21. The number of carbonyl (C=O) groups is 1. The molecule has 1 aromatic rings. The van der Waals surface area contributed by atoms with Crippen LogP contribution in [-0.2, 0) is 4.74 Å². The Labute approximate surface area is 138 Å². The SMILES string of the molecule is O=C(NCCC1CN(c2ccccc2)CCO1)NC1CCCC1. The quantitative estimate of drug-likeness (QED) is 0.877. The number of benzene rings is 1. The molecule has 0 aromatic heterocycles. The lowest BCUT2D eigenvalue weighted by molar-refractivity contribution is 0.0359. The van der Waals surface area contributed by atoms with Crippen molar-refractivity contribution < 1.29 is 9.53 Å². The molecular formula is C18H27N3O2. The fourth-order valence-corrected chi connectivity index (χ4v) is 3.42. The first-order valence-electron chi connectivity index (χ1n) is 8.77. The van der Waals surface area contributed by atoms with Crippen molar-refractivity contribution in [1.82, 2.24) is 10.6 Å². The molecule has 1 atom stereocenters. The van der Waals surface area contributed by atoms with Crippen LogP contribution in [0.2, 0.25) is 0 Å². The molecule has 2 amide bonds. The molecule has 23 heavy (non-hydrogen) atoms. The molecule has 5 nitrogen and oxygen atoms in total. The maximum Gasteiger partial charge on any atom is 0.315 e. The van der Waals surface area contributed by atoms with Crippen molar-refractivity contribution >= 4 is 11.7 Å². The second kappa shape index (κ2) is 8.20. The van der Waals surface area contributed by atoms with E-state index in [-0.39, 0.29) is 12.1 Å². The Morgan fingerprint density at radius 2 is 2.00 bits per heavy atom. The predicted molar refractivity (Wildman–Crippen MR) is 91.8 cm³/mol. The Bertz CT molecular complexity index is 488. The van der Waals surface area contributed by atoms with Crippen LogP contribution in [0.15, 0.2) is 30.3 Å². The van der Waals surface area contributed by atoms with Gasteiger partial charge in [0, 0.05) is 31.4 Å². The van der Waals surface area contributed by atoms with E-state index in [2.05, 4.69) is 39.8 Å². The zero-order valence-electron chi connectivity index (χ0n) is 13.7. The monoisotopic (exact) mass is 317 g/mol. The van der Waals surface area contributed by atoms with Crippen LogP contribution >= 0.6 is 0 Å². The van der Waals surface area contributed by atoms with Gasteiger partial charge in [-0.05, 0) is 31.4 Å². The summed E-state index contributed by atoms with van der Waals surface area (Å²) in [5.74, 6) is 0. The molecule has 5 heteroatoms. The summed E-state index contributed by atoms with van der Waals surface area (Å²) in [6, 6.07) is 10.8. The van der Waals surface area contributed by atoms with E-state index in [9.17, 15) is 4.79 Å². The molecule has 1 aliphatic carbocycles. The van der Waals surface area contributed by atoms with Crippen LogP contribution in [-0.4, -0.2) is 44.4 Å². The van der Waals surface area contributed by atoms with Gasteiger partial charge in [-0.1, -0.05) is 31.0 Å². The van der Waals surface area contributed by atoms with Gasteiger partial charge >= 0.3 is 6.03 Å². The Morgan fingerprint density at radius 1 is 1.22 bits per heavy atom. The molecule has 1 heterocycles. The molecule has 1 aromatic carbocycles. The van der Waals surface area contributed by atoms with Crippen LogP contribution in [0.4, 0.5) is 10.5 Å². The van der Waals surface area contributed by atoms with Crippen molar-refractivity contribution in [3.8, 4) is 0 Å². The highest BCUT2D eigenvalue weighted by atomic mass is 16.5. The van der Waals surface area contributed by atoms with Gasteiger partial charge in [0.2, 0.25) is 0 Å². The number of carbonyl (C=O) groups excluding carboxylic acids is 1. The lowest BCUT2D eigenvalue weighted by Crippen LogP contribution is -2.45. The smallest absolute Gasteiger partial charge is 0.315 e. The second-order valence-corrected chi connectivity index (χ2v) is 6.44. The molecule has 126 valence electrons. The number of morpholine rings is 1. The first-order chi connectivity index (χ1) is 11.3. The maximum atomic E-state index is 11.9. The van der Waals surface area contributed by atoms with Crippen molar-refractivity contribution in [2.75, 3.05) is 31.1 Å². The minimum absolute atomic E-state index is 0.0346. The molecule has 2 fully saturated rings. The summed E-state index contributed by atoms with van der Waals surface area (Å²) in [5.41, 5.74) is 1.24. The van der Waals surface area contributed by atoms with Crippen LogP contribution in [0, 0.1) is 0 Å². The second-order valence-electron chi connectivity index (χ2n) is 6.44. The lowest BCUT2D eigenvalue weighted by atomic mass is 10.2. The highest BCUT2D eigenvalue weighted by Gasteiger charge is 2.21. The zero-order valence-corrected chi connectivity index (χ0v) is 13.7. The van der Waals surface area contributed by atoms with Crippen LogP contribution in [0.5, 0.6) is 0 Å². The average Bonchev–Trinajstić information content (AvgIpc) is 3.09.